The Morgan fingerprint density at radius 2 is 1.31 bits per heavy atom. The summed E-state index contributed by atoms with van der Waals surface area (Å²) in [6, 6.07) is 0. The lowest BCUT2D eigenvalue weighted by molar-refractivity contribution is 1.26. The van der Waals surface area contributed by atoms with Crippen LogP contribution < -0.4 is 10.6 Å². The van der Waals surface area contributed by atoms with Crippen molar-refractivity contribution in [1.29, 1.82) is 0 Å². The average molecular weight is 288 g/mol. The highest BCUT2D eigenvalue weighted by Gasteiger charge is 2.00. The fourth-order valence-corrected chi connectivity index (χ4v) is 0.982. The van der Waals surface area contributed by atoms with E-state index in [0.29, 0.717) is 0 Å². The number of aliphatic imine (C=N–C) groups is 1. The van der Waals surface area contributed by atoms with Crippen LogP contribution in [0.25, 0.3) is 0 Å². The third kappa shape index (κ3) is 8.91. The van der Waals surface area contributed by atoms with Crippen molar-refractivity contribution in [2.45, 2.75) is 0 Å². The van der Waals surface area contributed by atoms with Crippen molar-refractivity contribution in [3.8, 4) is 0 Å². The van der Waals surface area contributed by atoms with Gasteiger partial charge in [0.05, 0.1) is 0 Å². The first kappa shape index (κ1) is 13.6. The van der Waals surface area contributed by atoms with E-state index in [4.69, 9.17) is 0 Å². The molecule has 0 spiro atoms. The van der Waals surface area contributed by atoms with Gasteiger partial charge in [-0.15, -0.1) is 37.9 Å². The molecule has 3 nitrogen and oxygen atoms in total. The quantitative estimate of drug-likeness (QED) is 0.200. The molecule has 0 saturated carbocycles. The summed E-state index contributed by atoms with van der Waals surface area (Å²) < 4.78 is 0.616. The predicted octanol–water partition coefficient (Wildman–Crippen LogP) is 1.17. The van der Waals surface area contributed by atoms with Crippen molar-refractivity contribution in [3.05, 3.63) is 0 Å². The Morgan fingerprint density at radius 1 is 0.923 bits per heavy atom. The lowest BCUT2D eigenvalue weighted by Crippen LogP contribution is -2.40. The van der Waals surface area contributed by atoms with Crippen LogP contribution in [0.1, 0.15) is 0 Å². The van der Waals surface area contributed by atoms with Gasteiger partial charge in [0.25, 0.3) is 0 Å². The molecule has 72 valence electrons. The van der Waals surface area contributed by atoms with Gasteiger partial charge in [0.15, 0.2) is 4.32 Å². The largest absolute Gasteiger partial charge is 0.311 e. The molecular weight excluding hydrogens is 282 g/mol. The molecule has 0 aromatic heterocycles. The van der Waals surface area contributed by atoms with Crippen LogP contribution in [0.4, 0.5) is 0 Å². The molecule has 0 bridgehead atoms. The normalized spacial score (nSPS) is 8.54. The maximum atomic E-state index is 4.67. The van der Waals surface area contributed by atoms with Gasteiger partial charge in [0.1, 0.15) is 8.64 Å². The molecule has 0 aromatic rings. The number of rotatable bonds is 0. The molecule has 0 heterocycles. The SMILES string of the molecule is S=C(S)N=C(NC(=S)S)NC(=S)S. The smallest absolute Gasteiger partial charge is 0.208 e. The summed E-state index contributed by atoms with van der Waals surface area (Å²) in [5.74, 6) is 0.250. The van der Waals surface area contributed by atoms with E-state index in [9.17, 15) is 0 Å². The predicted molar refractivity (Wildman–Crippen MR) is 78.5 cm³/mol. The van der Waals surface area contributed by atoms with E-state index in [0.717, 1.165) is 0 Å². The van der Waals surface area contributed by atoms with Crippen LogP contribution in [0.3, 0.4) is 0 Å². The third-order valence-electron chi connectivity index (χ3n) is 0.658. The first-order chi connectivity index (χ1) is 5.91. The van der Waals surface area contributed by atoms with Crippen LogP contribution in [-0.2, 0) is 0 Å². The molecule has 0 aliphatic heterocycles. The number of thiol groups is 3. The fourth-order valence-electron chi connectivity index (χ4n) is 0.385. The lowest BCUT2D eigenvalue weighted by atomic mass is 10.9. The third-order valence-corrected chi connectivity index (χ3v) is 1.28. The summed E-state index contributed by atoms with van der Waals surface area (Å²) in [6.45, 7) is 0. The van der Waals surface area contributed by atoms with E-state index in [1.807, 2.05) is 0 Å². The monoisotopic (exact) mass is 287 g/mol. The Morgan fingerprint density at radius 3 is 1.54 bits per heavy atom. The Hall–Kier alpha value is 0.590. The summed E-state index contributed by atoms with van der Waals surface area (Å²) >= 11 is 25.5. The van der Waals surface area contributed by atoms with E-state index in [1.165, 1.54) is 0 Å². The molecule has 2 N–H and O–H groups in total. The summed E-state index contributed by atoms with van der Waals surface area (Å²) in [6.07, 6.45) is 0. The minimum Gasteiger partial charge on any atom is -0.311 e. The van der Waals surface area contributed by atoms with Crippen LogP contribution >= 0.6 is 74.5 Å². The molecule has 0 aliphatic rings. The van der Waals surface area contributed by atoms with Crippen LogP contribution in [0.2, 0.25) is 0 Å². The molecule has 0 rings (SSSR count). The van der Waals surface area contributed by atoms with Crippen molar-refractivity contribution in [3.63, 3.8) is 0 Å². The highest BCUT2D eigenvalue weighted by Crippen LogP contribution is 1.88. The molecule has 9 heteroatoms. The molecule has 0 atom stereocenters. The molecule has 0 unspecified atom stereocenters. The molecule has 0 fully saturated rings. The van der Waals surface area contributed by atoms with E-state index < -0.39 is 0 Å². The maximum Gasteiger partial charge on any atom is 0.208 e. The average Bonchev–Trinajstić information content (AvgIpc) is 1.80. The molecular formula is C4H5N3S6. The second kappa shape index (κ2) is 6.96. The van der Waals surface area contributed by atoms with Gasteiger partial charge in [-0.1, -0.05) is 36.7 Å². The minimum atomic E-state index is 0.143. The maximum absolute atomic E-state index is 4.67. The van der Waals surface area contributed by atoms with Crippen LogP contribution in [0.5, 0.6) is 0 Å². The summed E-state index contributed by atoms with van der Waals surface area (Å²) in [7, 11) is 0. The molecule has 0 radical (unpaired) electrons. The van der Waals surface area contributed by atoms with Crippen LogP contribution in [0.15, 0.2) is 4.99 Å². The first-order valence-corrected chi connectivity index (χ1v) is 5.30. The zero-order chi connectivity index (χ0) is 10.4. The molecule has 0 saturated heterocycles. The van der Waals surface area contributed by atoms with E-state index in [1.54, 1.807) is 0 Å². The van der Waals surface area contributed by atoms with E-state index in [2.05, 4.69) is 90.2 Å². The number of guanidine groups is 1. The van der Waals surface area contributed by atoms with Gasteiger partial charge >= 0.3 is 0 Å². The zero-order valence-corrected chi connectivity index (χ0v) is 11.1. The fraction of sp³-hybridized carbons (Fsp3) is 0. The Balaban J connectivity index is 4.45. The Kier molecular flexibility index (Phi) is 7.27. The van der Waals surface area contributed by atoms with Gasteiger partial charge in [-0.05, 0) is 0 Å². The van der Waals surface area contributed by atoms with E-state index in [-0.39, 0.29) is 18.9 Å². The number of thiocarbonyl (C=S) groups is 3. The highest BCUT2D eigenvalue weighted by atomic mass is 32.1. The number of nitrogens with one attached hydrogen (secondary N) is 2. The van der Waals surface area contributed by atoms with Gasteiger partial charge in [0.2, 0.25) is 5.96 Å². The van der Waals surface area contributed by atoms with Gasteiger partial charge in [-0.2, -0.15) is 4.99 Å². The summed E-state index contributed by atoms with van der Waals surface area (Å²) in [5, 5.41) is 5.21. The van der Waals surface area contributed by atoms with Gasteiger partial charge < -0.3 is 10.6 Å². The van der Waals surface area contributed by atoms with Crippen molar-refractivity contribution in [2.24, 2.45) is 4.99 Å². The van der Waals surface area contributed by atoms with E-state index >= 15 is 0 Å². The van der Waals surface area contributed by atoms with Crippen molar-refractivity contribution in [1.82, 2.24) is 10.6 Å². The molecule has 0 amide bonds. The second-order valence-corrected chi connectivity index (χ2v) is 5.03. The number of nitrogens with zero attached hydrogens (tertiary/aromatic N) is 1. The Bertz CT molecular complexity index is 253. The molecule has 0 aromatic carbocycles. The van der Waals surface area contributed by atoms with Crippen molar-refractivity contribution < 1.29 is 0 Å². The standard InChI is InChI=1S/C4H5N3S6/c8-2(9)5-1(6-3(10)11)7-4(12)13/h(H5,5,6,7,8,9,10,11,12,13). The van der Waals surface area contributed by atoms with Gasteiger partial charge in [-0.25, -0.2) is 0 Å². The second-order valence-electron chi connectivity index (χ2n) is 1.60. The zero-order valence-electron chi connectivity index (χ0n) is 6.01. The molecule has 0 aliphatic carbocycles. The first-order valence-electron chi connectivity index (χ1n) is 2.73. The minimum absolute atomic E-state index is 0.143. The number of hydrogen-bond donors (Lipinski definition) is 5. The summed E-state index contributed by atoms with van der Waals surface area (Å²) in [5.41, 5.74) is 0. The Labute approximate surface area is 108 Å². The van der Waals surface area contributed by atoms with Gasteiger partial charge in [-0.3, -0.25) is 0 Å². The molecule has 13 heavy (non-hydrogen) atoms. The topological polar surface area (TPSA) is 36.4 Å². The van der Waals surface area contributed by atoms with Crippen molar-refractivity contribution >= 4 is 93.5 Å². The summed E-state index contributed by atoms with van der Waals surface area (Å²) in [4.78, 5) is 3.77. The lowest BCUT2D eigenvalue weighted by Gasteiger charge is -2.07. The van der Waals surface area contributed by atoms with Crippen molar-refractivity contribution in [2.75, 3.05) is 0 Å². The van der Waals surface area contributed by atoms with Gasteiger partial charge in [0, 0.05) is 0 Å². The van der Waals surface area contributed by atoms with Crippen LogP contribution in [0, 0.1) is 0 Å². The number of hydrogen-bond acceptors (Lipinski definition) is 3. The highest BCUT2D eigenvalue weighted by molar-refractivity contribution is 8.11. The van der Waals surface area contributed by atoms with Crippen LogP contribution in [-0.4, -0.2) is 18.9 Å².